The molecule has 0 spiro atoms. The van der Waals surface area contributed by atoms with E-state index in [1.807, 2.05) is 29.2 Å². The van der Waals surface area contributed by atoms with Gasteiger partial charge in [-0.15, -0.1) is 0 Å². The van der Waals surface area contributed by atoms with Crippen molar-refractivity contribution in [2.75, 3.05) is 80.6 Å². The fourth-order valence-electron chi connectivity index (χ4n) is 4.61. The molecule has 3 heterocycles. The number of hydrogen-bond donors (Lipinski definition) is 1. The summed E-state index contributed by atoms with van der Waals surface area (Å²) in [7, 11) is 0. The lowest BCUT2D eigenvalue weighted by Gasteiger charge is -2.36. The van der Waals surface area contributed by atoms with Crippen molar-refractivity contribution in [3.63, 3.8) is 0 Å². The molecule has 4 rings (SSSR count). The molecule has 188 valence electrons. The van der Waals surface area contributed by atoms with E-state index < -0.39 is 0 Å². The Hall–Kier alpha value is -3.33. The van der Waals surface area contributed by atoms with E-state index in [0.717, 1.165) is 62.9 Å². The topological polar surface area (TPSA) is 81.2 Å². The van der Waals surface area contributed by atoms with Crippen LogP contribution in [-0.4, -0.2) is 92.3 Å². The number of rotatable bonds is 6. The molecule has 2 aromatic rings. The monoisotopic (exact) mass is 480 g/mol. The van der Waals surface area contributed by atoms with Crippen LogP contribution in [0.2, 0.25) is 0 Å². The van der Waals surface area contributed by atoms with Crippen LogP contribution in [0.1, 0.15) is 30.6 Å². The highest BCUT2D eigenvalue weighted by Crippen LogP contribution is 2.27. The van der Waals surface area contributed by atoms with E-state index in [2.05, 4.69) is 38.0 Å². The minimum absolute atomic E-state index is 0.0721. The lowest BCUT2D eigenvalue weighted by molar-refractivity contribution is 0.0526. The molecule has 2 amide bonds. The Morgan fingerprint density at radius 3 is 2.40 bits per heavy atom. The molecule has 0 saturated carbocycles. The average Bonchev–Trinajstić information content (AvgIpc) is 3.16. The van der Waals surface area contributed by atoms with Crippen LogP contribution in [0.4, 0.5) is 22.0 Å². The van der Waals surface area contributed by atoms with Crippen molar-refractivity contribution in [3.8, 4) is 0 Å². The van der Waals surface area contributed by atoms with Gasteiger partial charge in [-0.25, -0.2) is 14.6 Å². The molecule has 2 aliphatic heterocycles. The summed E-state index contributed by atoms with van der Waals surface area (Å²) in [6.45, 7) is 12.1. The molecular formula is C26H36N6O3. The summed E-state index contributed by atoms with van der Waals surface area (Å²) < 4.78 is 5.03. The number of carbonyl (C=O) groups is 2. The first kappa shape index (κ1) is 24.8. The summed E-state index contributed by atoms with van der Waals surface area (Å²) in [5.41, 5.74) is 2.39. The van der Waals surface area contributed by atoms with Gasteiger partial charge in [-0.1, -0.05) is 19.1 Å². The number of esters is 1. The van der Waals surface area contributed by atoms with Crippen LogP contribution in [0.5, 0.6) is 0 Å². The molecule has 0 radical (unpaired) electrons. The van der Waals surface area contributed by atoms with Gasteiger partial charge in [0, 0.05) is 58.6 Å². The number of nitrogens with zero attached hydrogens (tertiary/aromatic N) is 5. The number of carbonyl (C=O) groups excluding carboxylic acids is 2. The molecule has 35 heavy (non-hydrogen) atoms. The third-order valence-corrected chi connectivity index (χ3v) is 6.67. The van der Waals surface area contributed by atoms with Crippen molar-refractivity contribution in [2.45, 2.75) is 20.3 Å². The molecule has 1 N–H and O–H groups in total. The Balaban J connectivity index is 1.35. The van der Waals surface area contributed by atoms with Crippen LogP contribution in [0.3, 0.4) is 0 Å². The van der Waals surface area contributed by atoms with Gasteiger partial charge in [0.2, 0.25) is 0 Å². The number of aromatic nitrogens is 1. The zero-order valence-corrected chi connectivity index (χ0v) is 20.8. The molecule has 0 atom stereocenters. The minimum Gasteiger partial charge on any atom is -0.462 e. The number of benzene rings is 1. The number of piperazine rings is 1. The lowest BCUT2D eigenvalue weighted by atomic mass is 10.2. The summed E-state index contributed by atoms with van der Waals surface area (Å²) in [5.74, 6) is 0.440. The van der Waals surface area contributed by atoms with Gasteiger partial charge in [0.25, 0.3) is 0 Å². The Morgan fingerprint density at radius 2 is 1.69 bits per heavy atom. The van der Waals surface area contributed by atoms with Gasteiger partial charge < -0.3 is 29.7 Å². The van der Waals surface area contributed by atoms with Gasteiger partial charge in [-0.2, -0.15) is 0 Å². The second kappa shape index (κ2) is 11.9. The van der Waals surface area contributed by atoms with Crippen LogP contribution >= 0.6 is 0 Å². The summed E-state index contributed by atoms with van der Waals surface area (Å²) in [6, 6.07) is 11.6. The zero-order chi connectivity index (χ0) is 24.6. The fourth-order valence-corrected chi connectivity index (χ4v) is 4.61. The SMILES string of the molecule is CCOC(=O)c1ccc(N2CCCN(C(=O)Nc3ccccc3N3CCN(CC)CC3)CC2)nc1. The number of ether oxygens (including phenoxy) is 1. The van der Waals surface area contributed by atoms with E-state index in [0.29, 0.717) is 31.8 Å². The Labute approximate surface area is 207 Å². The first-order valence-electron chi connectivity index (χ1n) is 12.6. The zero-order valence-electron chi connectivity index (χ0n) is 20.8. The summed E-state index contributed by atoms with van der Waals surface area (Å²) in [6.07, 6.45) is 2.40. The standard InChI is InChI=1S/C26H36N6O3/c1-3-29-14-16-30(17-15-29)23-9-6-5-8-22(23)28-26(34)32-13-7-12-31(18-19-32)24-11-10-21(20-27-24)25(33)35-4-2/h5-6,8-11,20H,3-4,7,12-19H2,1-2H3,(H,28,34). The maximum absolute atomic E-state index is 13.2. The van der Waals surface area contributed by atoms with Crippen molar-refractivity contribution in [1.29, 1.82) is 0 Å². The molecule has 0 bridgehead atoms. The molecule has 2 aliphatic rings. The van der Waals surface area contributed by atoms with Gasteiger partial charge in [0.1, 0.15) is 5.82 Å². The van der Waals surface area contributed by atoms with Crippen molar-refractivity contribution in [3.05, 3.63) is 48.2 Å². The lowest BCUT2D eigenvalue weighted by Crippen LogP contribution is -2.46. The summed E-state index contributed by atoms with van der Waals surface area (Å²) in [4.78, 5) is 38.3. The number of nitrogens with one attached hydrogen (secondary N) is 1. The van der Waals surface area contributed by atoms with Crippen molar-refractivity contribution >= 4 is 29.2 Å². The molecule has 2 saturated heterocycles. The maximum Gasteiger partial charge on any atom is 0.339 e. The number of para-hydroxylation sites is 2. The van der Waals surface area contributed by atoms with E-state index in [1.54, 1.807) is 19.2 Å². The highest BCUT2D eigenvalue weighted by Gasteiger charge is 2.23. The highest BCUT2D eigenvalue weighted by atomic mass is 16.5. The molecule has 1 aromatic carbocycles. The first-order chi connectivity index (χ1) is 17.1. The largest absolute Gasteiger partial charge is 0.462 e. The molecule has 0 unspecified atom stereocenters. The van der Waals surface area contributed by atoms with Gasteiger partial charge in [-0.3, -0.25) is 0 Å². The highest BCUT2D eigenvalue weighted by molar-refractivity contribution is 5.93. The number of likely N-dealkylation sites (N-methyl/N-ethyl adjacent to an activating group) is 1. The van der Waals surface area contributed by atoms with E-state index in [9.17, 15) is 9.59 Å². The van der Waals surface area contributed by atoms with Crippen molar-refractivity contribution in [2.24, 2.45) is 0 Å². The molecule has 1 aromatic heterocycles. The Bertz CT molecular complexity index is 991. The summed E-state index contributed by atoms with van der Waals surface area (Å²) in [5, 5.41) is 3.16. The Kier molecular flexibility index (Phi) is 8.41. The van der Waals surface area contributed by atoms with Gasteiger partial charge in [0.05, 0.1) is 23.5 Å². The third-order valence-electron chi connectivity index (χ3n) is 6.67. The predicted octanol–water partition coefficient (Wildman–Crippen LogP) is 3.14. The van der Waals surface area contributed by atoms with Crippen molar-refractivity contribution < 1.29 is 14.3 Å². The third kappa shape index (κ3) is 6.22. The van der Waals surface area contributed by atoms with Crippen molar-refractivity contribution in [1.82, 2.24) is 14.8 Å². The molecule has 9 nitrogen and oxygen atoms in total. The summed E-state index contributed by atoms with van der Waals surface area (Å²) >= 11 is 0. The second-order valence-corrected chi connectivity index (χ2v) is 8.82. The van der Waals surface area contributed by atoms with Crippen LogP contribution in [0.15, 0.2) is 42.6 Å². The second-order valence-electron chi connectivity index (χ2n) is 8.82. The van der Waals surface area contributed by atoms with Crippen LogP contribution < -0.4 is 15.1 Å². The van der Waals surface area contributed by atoms with Gasteiger partial charge in [0.15, 0.2) is 0 Å². The van der Waals surface area contributed by atoms with Gasteiger partial charge >= 0.3 is 12.0 Å². The normalized spacial score (nSPS) is 17.1. The van der Waals surface area contributed by atoms with Crippen LogP contribution in [0, 0.1) is 0 Å². The van der Waals surface area contributed by atoms with Gasteiger partial charge in [-0.05, 0) is 44.2 Å². The minimum atomic E-state index is -0.363. The van der Waals surface area contributed by atoms with Crippen LogP contribution in [-0.2, 0) is 4.74 Å². The quantitative estimate of drug-likeness (QED) is 0.636. The number of anilines is 3. The number of hydrogen-bond acceptors (Lipinski definition) is 7. The van der Waals surface area contributed by atoms with Crippen LogP contribution in [0.25, 0.3) is 0 Å². The maximum atomic E-state index is 13.2. The molecule has 0 aliphatic carbocycles. The predicted molar refractivity (Wildman–Crippen MR) is 138 cm³/mol. The number of pyridine rings is 1. The molecule has 9 heteroatoms. The fraction of sp³-hybridized carbons (Fsp3) is 0.500. The van der Waals surface area contributed by atoms with E-state index in [-0.39, 0.29) is 12.0 Å². The smallest absolute Gasteiger partial charge is 0.339 e. The first-order valence-corrected chi connectivity index (χ1v) is 12.6. The Morgan fingerprint density at radius 1 is 0.914 bits per heavy atom. The molecule has 2 fully saturated rings. The van der Waals surface area contributed by atoms with E-state index >= 15 is 0 Å². The number of urea groups is 1. The number of amides is 2. The van der Waals surface area contributed by atoms with E-state index in [1.165, 1.54) is 0 Å². The van der Waals surface area contributed by atoms with E-state index in [4.69, 9.17) is 4.74 Å². The molecular weight excluding hydrogens is 444 g/mol. The average molecular weight is 481 g/mol.